The first-order chi connectivity index (χ1) is 22.5. The molecule has 3 nitrogen and oxygen atoms in total. The predicted octanol–water partition coefficient (Wildman–Crippen LogP) is 14.1. The quantitative estimate of drug-likeness (QED) is 0.0649. The van der Waals surface area contributed by atoms with Crippen LogP contribution in [0.2, 0.25) is 0 Å². The zero-order valence-corrected chi connectivity index (χ0v) is 31.1. The summed E-state index contributed by atoms with van der Waals surface area (Å²) in [5.74, 6) is 0. The van der Waals surface area contributed by atoms with E-state index in [0.717, 1.165) is 36.6 Å². The number of hydrogen-bond donors (Lipinski definition) is 1. The van der Waals surface area contributed by atoms with Gasteiger partial charge in [0.2, 0.25) is 0 Å². The smallest absolute Gasteiger partial charge is 0.282 e. The van der Waals surface area contributed by atoms with E-state index in [2.05, 4.69) is 26.0 Å². The summed E-state index contributed by atoms with van der Waals surface area (Å²) in [4.78, 5) is 0.141. The second-order valence-electron chi connectivity index (χ2n) is 14.2. The molecule has 1 N–H and O–H groups in total. The summed E-state index contributed by atoms with van der Waals surface area (Å²) in [6, 6.07) is 10.0. The van der Waals surface area contributed by atoms with Gasteiger partial charge < -0.3 is 0 Å². The summed E-state index contributed by atoms with van der Waals surface area (Å²) >= 11 is 0. The van der Waals surface area contributed by atoms with Gasteiger partial charge in [0, 0.05) is 5.39 Å². The minimum atomic E-state index is -4.30. The molecule has 0 saturated carbocycles. The van der Waals surface area contributed by atoms with Gasteiger partial charge in [-0.05, 0) is 42.2 Å². The Morgan fingerprint density at radius 2 is 0.761 bits per heavy atom. The maximum absolute atomic E-state index is 12.6. The topological polar surface area (TPSA) is 54.4 Å². The van der Waals surface area contributed by atoms with Crippen LogP contribution in [-0.4, -0.2) is 13.0 Å². The van der Waals surface area contributed by atoms with Crippen molar-refractivity contribution in [3.63, 3.8) is 0 Å². The van der Waals surface area contributed by atoms with Crippen LogP contribution in [0.25, 0.3) is 10.8 Å². The van der Waals surface area contributed by atoms with E-state index < -0.39 is 10.1 Å². The van der Waals surface area contributed by atoms with Crippen molar-refractivity contribution in [3.05, 3.63) is 41.5 Å². The van der Waals surface area contributed by atoms with Gasteiger partial charge in [-0.15, -0.1) is 0 Å². The van der Waals surface area contributed by atoms with E-state index in [0.29, 0.717) is 11.8 Å². The number of aryl methyl sites for hydroxylation is 2. The highest BCUT2D eigenvalue weighted by molar-refractivity contribution is 7.86. The number of benzene rings is 2. The standard InChI is InChI=1S/C42H72O3S/c1-3-5-7-9-11-13-15-17-19-21-23-25-27-29-32-38-34-31-35-41-40(38)37-36-39(42(41)46(43,44)45)33-30-28-26-24-22-20-18-16-14-12-10-8-6-4-2/h31,34-37H,3-30,32-33H2,1-2H3,(H,43,44,45). The monoisotopic (exact) mass is 657 g/mol. The number of fused-ring (bicyclic) bond motifs is 1. The maximum Gasteiger partial charge on any atom is 0.295 e. The lowest BCUT2D eigenvalue weighted by Gasteiger charge is -2.14. The van der Waals surface area contributed by atoms with Crippen molar-refractivity contribution < 1.29 is 13.0 Å². The minimum Gasteiger partial charge on any atom is -0.282 e. The largest absolute Gasteiger partial charge is 0.295 e. The van der Waals surface area contributed by atoms with Crippen molar-refractivity contribution >= 4 is 20.9 Å². The molecule has 0 aromatic heterocycles. The summed E-state index contributed by atoms with van der Waals surface area (Å²) in [6.07, 6.45) is 38.8. The Balaban J connectivity index is 1.67. The Morgan fingerprint density at radius 3 is 1.13 bits per heavy atom. The zero-order chi connectivity index (χ0) is 33.1. The first-order valence-corrected chi connectivity index (χ1v) is 21.4. The maximum atomic E-state index is 12.6. The van der Waals surface area contributed by atoms with Gasteiger partial charge in [0.15, 0.2) is 0 Å². The molecule has 4 heteroatoms. The molecular formula is C42H72O3S. The third kappa shape index (κ3) is 18.2. The third-order valence-corrected chi connectivity index (χ3v) is 11.0. The Kier molecular flexibility index (Phi) is 23.5. The second-order valence-corrected chi connectivity index (χ2v) is 15.6. The molecule has 0 spiro atoms. The Bertz CT molecular complexity index is 1120. The minimum absolute atomic E-state index is 0.141. The Hall–Kier alpha value is -1.39. The number of unbranched alkanes of at least 4 members (excludes halogenated alkanes) is 26. The van der Waals surface area contributed by atoms with Gasteiger partial charge >= 0.3 is 0 Å². The van der Waals surface area contributed by atoms with Crippen molar-refractivity contribution in [2.75, 3.05) is 0 Å². The summed E-state index contributed by atoms with van der Waals surface area (Å²) < 4.78 is 35.4. The fraction of sp³-hybridized carbons (Fsp3) is 0.762. The van der Waals surface area contributed by atoms with Crippen LogP contribution in [-0.2, 0) is 23.0 Å². The SMILES string of the molecule is CCCCCCCCCCCCCCCCc1ccc2c(CCCCCCCCCCCCCCCC)cccc2c1S(=O)(=O)O. The van der Waals surface area contributed by atoms with E-state index in [1.54, 1.807) is 0 Å². The van der Waals surface area contributed by atoms with Crippen LogP contribution in [0.1, 0.15) is 205 Å². The van der Waals surface area contributed by atoms with Gasteiger partial charge in [0.25, 0.3) is 10.1 Å². The molecule has 0 amide bonds. The Morgan fingerprint density at radius 1 is 0.413 bits per heavy atom. The average molecular weight is 657 g/mol. The van der Waals surface area contributed by atoms with E-state index in [-0.39, 0.29) is 4.90 Å². The van der Waals surface area contributed by atoms with Crippen LogP contribution >= 0.6 is 0 Å². The highest BCUT2D eigenvalue weighted by Crippen LogP contribution is 2.31. The molecule has 0 fully saturated rings. The van der Waals surface area contributed by atoms with Crippen LogP contribution in [0.4, 0.5) is 0 Å². The van der Waals surface area contributed by atoms with Crippen molar-refractivity contribution in [3.8, 4) is 0 Å². The summed E-state index contributed by atoms with van der Waals surface area (Å²) in [5, 5.41) is 1.67. The molecule has 0 aliphatic heterocycles. The molecule has 0 atom stereocenters. The van der Waals surface area contributed by atoms with Gasteiger partial charge in [-0.3, -0.25) is 4.55 Å². The lowest BCUT2D eigenvalue weighted by molar-refractivity contribution is 0.482. The fourth-order valence-electron chi connectivity index (χ4n) is 7.18. The molecular weight excluding hydrogens is 585 g/mol. The lowest BCUT2D eigenvalue weighted by Crippen LogP contribution is -2.05. The lowest BCUT2D eigenvalue weighted by atomic mass is 9.96. The first kappa shape index (κ1) is 40.8. The molecule has 0 saturated heterocycles. The van der Waals surface area contributed by atoms with Gasteiger partial charge in [-0.1, -0.05) is 211 Å². The number of rotatable bonds is 31. The van der Waals surface area contributed by atoms with Gasteiger partial charge in [-0.25, -0.2) is 0 Å². The highest BCUT2D eigenvalue weighted by Gasteiger charge is 2.20. The summed E-state index contributed by atoms with van der Waals surface area (Å²) in [7, 11) is -4.30. The van der Waals surface area contributed by atoms with Crippen LogP contribution in [0.15, 0.2) is 35.2 Å². The second kappa shape index (κ2) is 26.6. The molecule has 2 rings (SSSR count). The Labute approximate surface area is 285 Å². The van der Waals surface area contributed by atoms with Crippen molar-refractivity contribution in [2.45, 2.75) is 211 Å². The summed E-state index contributed by atoms with van der Waals surface area (Å²) in [6.45, 7) is 4.55. The molecule has 0 aliphatic carbocycles. The first-order valence-electron chi connectivity index (χ1n) is 20.0. The molecule has 46 heavy (non-hydrogen) atoms. The summed E-state index contributed by atoms with van der Waals surface area (Å²) in [5.41, 5.74) is 1.96. The normalized spacial score (nSPS) is 12.0. The predicted molar refractivity (Wildman–Crippen MR) is 202 cm³/mol. The average Bonchev–Trinajstić information content (AvgIpc) is 3.04. The van der Waals surface area contributed by atoms with Crippen LogP contribution in [0, 0.1) is 0 Å². The molecule has 264 valence electrons. The molecule has 0 unspecified atom stereocenters. The molecule has 2 aromatic rings. The van der Waals surface area contributed by atoms with Crippen LogP contribution < -0.4 is 0 Å². The van der Waals surface area contributed by atoms with Gasteiger partial charge in [-0.2, -0.15) is 8.42 Å². The van der Waals surface area contributed by atoms with Crippen LogP contribution in [0.5, 0.6) is 0 Å². The zero-order valence-electron chi connectivity index (χ0n) is 30.3. The van der Waals surface area contributed by atoms with Gasteiger partial charge in [0.05, 0.1) is 0 Å². The molecule has 0 heterocycles. The van der Waals surface area contributed by atoms with Crippen molar-refractivity contribution in [1.82, 2.24) is 0 Å². The van der Waals surface area contributed by atoms with E-state index >= 15 is 0 Å². The van der Waals surface area contributed by atoms with Crippen molar-refractivity contribution in [1.29, 1.82) is 0 Å². The van der Waals surface area contributed by atoms with E-state index in [1.807, 2.05) is 18.2 Å². The highest BCUT2D eigenvalue weighted by atomic mass is 32.2. The molecule has 0 aliphatic rings. The van der Waals surface area contributed by atoms with E-state index in [4.69, 9.17) is 0 Å². The molecule has 2 aromatic carbocycles. The van der Waals surface area contributed by atoms with E-state index in [9.17, 15) is 13.0 Å². The van der Waals surface area contributed by atoms with Crippen LogP contribution in [0.3, 0.4) is 0 Å². The van der Waals surface area contributed by atoms with E-state index in [1.165, 1.54) is 166 Å². The fourth-order valence-corrected chi connectivity index (χ4v) is 8.14. The third-order valence-electron chi connectivity index (χ3n) is 10.0. The molecule has 0 bridgehead atoms. The molecule has 0 radical (unpaired) electrons. The van der Waals surface area contributed by atoms with Gasteiger partial charge in [0.1, 0.15) is 4.90 Å². The number of hydrogen-bond acceptors (Lipinski definition) is 2. The van der Waals surface area contributed by atoms with Crippen molar-refractivity contribution in [2.24, 2.45) is 0 Å².